The van der Waals surface area contributed by atoms with E-state index < -0.39 is 4.92 Å². The molecule has 104 valence electrons. The molecule has 1 fully saturated rings. The molecule has 0 spiro atoms. The van der Waals surface area contributed by atoms with E-state index in [1.165, 1.54) is 6.07 Å². The largest absolute Gasteiger partial charge is 0.327 e. The van der Waals surface area contributed by atoms with Crippen LogP contribution < -0.4 is 5.73 Å². The Balaban J connectivity index is 2.04. The van der Waals surface area contributed by atoms with Crippen molar-refractivity contribution < 1.29 is 4.92 Å². The number of hydrogen-bond acceptors (Lipinski definition) is 4. The first-order valence-corrected chi connectivity index (χ1v) is 6.76. The van der Waals surface area contributed by atoms with Crippen LogP contribution in [0.4, 0.5) is 5.69 Å². The van der Waals surface area contributed by atoms with E-state index in [9.17, 15) is 10.1 Å². The van der Waals surface area contributed by atoms with E-state index in [1.807, 2.05) is 0 Å². The summed E-state index contributed by atoms with van der Waals surface area (Å²) in [5.41, 5.74) is 6.94. The number of nitrogens with two attached hydrogens (primary N) is 1. The van der Waals surface area contributed by atoms with E-state index in [1.54, 1.807) is 12.1 Å². The van der Waals surface area contributed by atoms with Gasteiger partial charge in [0.25, 0.3) is 5.69 Å². The van der Waals surface area contributed by atoms with Gasteiger partial charge in [-0.25, -0.2) is 0 Å². The second kappa shape index (κ2) is 5.86. The van der Waals surface area contributed by atoms with Gasteiger partial charge in [0.15, 0.2) is 0 Å². The summed E-state index contributed by atoms with van der Waals surface area (Å²) < 4.78 is 0. The molecule has 2 unspecified atom stereocenters. The predicted octanol–water partition coefficient (Wildman–Crippen LogP) is 2.42. The lowest BCUT2D eigenvalue weighted by Crippen LogP contribution is -2.45. The van der Waals surface area contributed by atoms with Crippen molar-refractivity contribution in [3.05, 3.63) is 38.9 Å². The predicted molar refractivity (Wildman–Crippen MR) is 75.1 cm³/mol. The average molecular weight is 284 g/mol. The summed E-state index contributed by atoms with van der Waals surface area (Å²) in [7, 11) is 0. The second-order valence-corrected chi connectivity index (χ2v) is 5.62. The van der Waals surface area contributed by atoms with Crippen LogP contribution in [0.2, 0.25) is 5.02 Å². The van der Waals surface area contributed by atoms with Crippen molar-refractivity contribution in [1.29, 1.82) is 0 Å². The Kier molecular flexibility index (Phi) is 4.39. The van der Waals surface area contributed by atoms with Crippen LogP contribution in [0.15, 0.2) is 18.2 Å². The maximum atomic E-state index is 10.7. The van der Waals surface area contributed by atoms with Crippen molar-refractivity contribution in [1.82, 2.24) is 4.90 Å². The Hall–Kier alpha value is -1.17. The van der Waals surface area contributed by atoms with Crippen LogP contribution in [0, 0.1) is 16.0 Å². The zero-order valence-electron chi connectivity index (χ0n) is 10.9. The van der Waals surface area contributed by atoms with Crippen LogP contribution >= 0.6 is 11.6 Å². The van der Waals surface area contributed by atoms with Crippen molar-refractivity contribution in [3.63, 3.8) is 0 Å². The molecule has 2 atom stereocenters. The molecule has 0 aromatic heterocycles. The zero-order valence-corrected chi connectivity index (χ0v) is 11.6. The SMILES string of the molecule is CC1CN(Cc2ccc([N+](=O)[O-])c(Cl)c2)CCC1N. The van der Waals surface area contributed by atoms with Gasteiger partial charge in [-0.1, -0.05) is 24.6 Å². The van der Waals surface area contributed by atoms with Gasteiger partial charge in [-0.2, -0.15) is 0 Å². The van der Waals surface area contributed by atoms with Crippen LogP contribution in [-0.4, -0.2) is 29.0 Å². The molecule has 1 aromatic rings. The van der Waals surface area contributed by atoms with Crippen molar-refractivity contribution in [2.45, 2.75) is 25.9 Å². The minimum absolute atomic E-state index is 0.0422. The van der Waals surface area contributed by atoms with E-state index in [4.69, 9.17) is 17.3 Å². The van der Waals surface area contributed by atoms with Crippen LogP contribution in [0.25, 0.3) is 0 Å². The van der Waals surface area contributed by atoms with E-state index >= 15 is 0 Å². The Labute approximate surface area is 117 Å². The van der Waals surface area contributed by atoms with E-state index in [0.29, 0.717) is 5.92 Å². The Morgan fingerprint density at radius 3 is 2.89 bits per heavy atom. The van der Waals surface area contributed by atoms with E-state index in [0.717, 1.165) is 31.6 Å². The van der Waals surface area contributed by atoms with Gasteiger partial charge >= 0.3 is 0 Å². The number of nitro groups is 1. The molecule has 1 aliphatic heterocycles. The number of rotatable bonds is 3. The Morgan fingerprint density at radius 1 is 1.58 bits per heavy atom. The summed E-state index contributed by atoms with van der Waals surface area (Å²) in [6, 6.07) is 5.19. The molecule has 0 saturated carbocycles. The lowest BCUT2D eigenvalue weighted by Gasteiger charge is -2.35. The van der Waals surface area contributed by atoms with Gasteiger partial charge < -0.3 is 5.73 Å². The maximum absolute atomic E-state index is 10.7. The third kappa shape index (κ3) is 3.43. The van der Waals surface area contributed by atoms with Gasteiger partial charge in [-0.15, -0.1) is 0 Å². The topological polar surface area (TPSA) is 72.4 Å². The molecule has 0 aliphatic carbocycles. The number of likely N-dealkylation sites (tertiary alicyclic amines) is 1. The molecule has 0 radical (unpaired) electrons. The van der Waals surface area contributed by atoms with Gasteiger partial charge in [0.05, 0.1) is 4.92 Å². The minimum atomic E-state index is -0.464. The fraction of sp³-hybridized carbons (Fsp3) is 0.538. The van der Waals surface area contributed by atoms with Gasteiger partial charge in [-0.05, 0) is 30.5 Å². The molecule has 2 N–H and O–H groups in total. The summed E-state index contributed by atoms with van der Waals surface area (Å²) in [4.78, 5) is 12.5. The fourth-order valence-corrected chi connectivity index (χ4v) is 2.72. The fourth-order valence-electron chi connectivity index (χ4n) is 2.45. The van der Waals surface area contributed by atoms with Crippen LogP contribution in [0.3, 0.4) is 0 Å². The van der Waals surface area contributed by atoms with Crippen molar-refractivity contribution in [3.8, 4) is 0 Å². The van der Waals surface area contributed by atoms with Gasteiger partial charge in [0.2, 0.25) is 0 Å². The molecule has 2 rings (SSSR count). The van der Waals surface area contributed by atoms with Crippen LogP contribution in [0.1, 0.15) is 18.9 Å². The third-order valence-corrected chi connectivity index (χ3v) is 3.97. The van der Waals surface area contributed by atoms with Gasteiger partial charge in [0, 0.05) is 25.2 Å². The van der Waals surface area contributed by atoms with Crippen LogP contribution in [0.5, 0.6) is 0 Å². The Morgan fingerprint density at radius 2 is 2.32 bits per heavy atom. The second-order valence-electron chi connectivity index (χ2n) is 5.21. The van der Waals surface area contributed by atoms with E-state index in [2.05, 4.69) is 11.8 Å². The standard InChI is InChI=1S/C13H18ClN3O2/c1-9-7-16(5-4-12(9)15)8-10-2-3-13(17(18)19)11(14)6-10/h2-3,6,9,12H,4-5,7-8,15H2,1H3. The summed E-state index contributed by atoms with van der Waals surface area (Å²) in [5, 5.41) is 10.9. The molecule has 19 heavy (non-hydrogen) atoms. The third-order valence-electron chi connectivity index (χ3n) is 3.67. The lowest BCUT2D eigenvalue weighted by molar-refractivity contribution is -0.384. The molecule has 5 nitrogen and oxygen atoms in total. The number of nitrogens with zero attached hydrogens (tertiary/aromatic N) is 2. The zero-order chi connectivity index (χ0) is 14.0. The Bertz CT molecular complexity index is 481. The number of nitro benzene ring substituents is 1. The van der Waals surface area contributed by atoms with Gasteiger partial charge in [0.1, 0.15) is 5.02 Å². The molecule has 1 aromatic carbocycles. The number of piperidine rings is 1. The summed E-state index contributed by atoms with van der Waals surface area (Å²) in [6.45, 7) is 4.82. The van der Waals surface area contributed by atoms with E-state index in [-0.39, 0.29) is 16.8 Å². The molecular weight excluding hydrogens is 266 g/mol. The average Bonchev–Trinajstić information content (AvgIpc) is 2.33. The smallest absolute Gasteiger partial charge is 0.287 e. The van der Waals surface area contributed by atoms with Crippen molar-refractivity contribution >= 4 is 17.3 Å². The highest BCUT2D eigenvalue weighted by Gasteiger charge is 2.23. The number of halogens is 1. The molecule has 1 heterocycles. The summed E-state index contributed by atoms with van der Waals surface area (Å²) in [6.07, 6.45) is 0.988. The molecule has 6 heteroatoms. The van der Waals surface area contributed by atoms with Gasteiger partial charge in [-0.3, -0.25) is 15.0 Å². The molecule has 1 aliphatic rings. The van der Waals surface area contributed by atoms with Crippen molar-refractivity contribution in [2.75, 3.05) is 13.1 Å². The first-order chi connectivity index (χ1) is 8.97. The summed E-state index contributed by atoms with van der Waals surface area (Å²) >= 11 is 5.91. The van der Waals surface area contributed by atoms with Crippen LogP contribution in [-0.2, 0) is 6.54 Å². The first kappa shape index (κ1) is 14.2. The highest BCUT2D eigenvalue weighted by molar-refractivity contribution is 6.32. The monoisotopic (exact) mass is 283 g/mol. The highest BCUT2D eigenvalue weighted by atomic mass is 35.5. The molecule has 0 bridgehead atoms. The number of benzene rings is 1. The number of hydrogen-bond donors (Lipinski definition) is 1. The normalized spacial score (nSPS) is 24.4. The quantitative estimate of drug-likeness (QED) is 0.683. The van der Waals surface area contributed by atoms with Crippen molar-refractivity contribution in [2.24, 2.45) is 11.7 Å². The first-order valence-electron chi connectivity index (χ1n) is 6.38. The minimum Gasteiger partial charge on any atom is -0.327 e. The summed E-state index contributed by atoms with van der Waals surface area (Å²) in [5.74, 6) is 0.474. The lowest BCUT2D eigenvalue weighted by atomic mass is 9.94. The molecule has 0 amide bonds. The highest BCUT2D eigenvalue weighted by Crippen LogP contribution is 2.26. The maximum Gasteiger partial charge on any atom is 0.287 e. The molecular formula is C13H18ClN3O2. The molecule has 1 saturated heterocycles.